The van der Waals surface area contributed by atoms with E-state index in [9.17, 15) is 4.79 Å². The van der Waals surface area contributed by atoms with E-state index in [1.54, 1.807) is 4.68 Å². The highest BCUT2D eigenvalue weighted by molar-refractivity contribution is 5.95. The maximum Gasteiger partial charge on any atom is 0.244 e. The number of benzene rings is 1. The minimum absolute atomic E-state index is 0.142. The van der Waals surface area contributed by atoms with Gasteiger partial charge in [-0.2, -0.15) is 5.10 Å². The van der Waals surface area contributed by atoms with Crippen LogP contribution >= 0.6 is 0 Å². The number of hydrogen-bond acceptors (Lipinski definition) is 4. The fourth-order valence-electron chi connectivity index (χ4n) is 4.89. The Kier molecular flexibility index (Phi) is 4.59. The summed E-state index contributed by atoms with van der Waals surface area (Å²) in [5, 5.41) is 5.73. The molecule has 2 aliphatic heterocycles. The van der Waals surface area contributed by atoms with E-state index in [0.717, 1.165) is 47.5 Å². The topological polar surface area (TPSA) is 54.3 Å². The summed E-state index contributed by atoms with van der Waals surface area (Å²) < 4.78 is 1.79. The second-order valence-electron chi connectivity index (χ2n) is 8.34. The van der Waals surface area contributed by atoms with Crippen molar-refractivity contribution in [2.24, 2.45) is 0 Å². The Bertz CT molecular complexity index is 1070. The van der Waals surface area contributed by atoms with Crippen molar-refractivity contribution in [3.63, 3.8) is 0 Å². The van der Waals surface area contributed by atoms with Gasteiger partial charge in [0.2, 0.25) is 5.91 Å². The van der Waals surface area contributed by atoms with Crippen molar-refractivity contribution >= 4 is 16.9 Å². The van der Waals surface area contributed by atoms with Gasteiger partial charge in [-0.05, 0) is 50.4 Å². The van der Waals surface area contributed by atoms with Crippen LogP contribution < -0.4 is 0 Å². The van der Waals surface area contributed by atoms with E-state index < -0.39 is 0 Å². The van der Waals surface area contributed by atoms with Crippen LogP contribution in [0, 0.1) is 13.8 Å². The maximum atomic E-state index is 13.0. The van der Waals surface area contributed by atoms with E-state index >= 15 is 0 Å². The summed E-state index contributed by atoms with van der Waals surface area (Å²) in [4.78, 5) is 22.1. The van der Waals surface area contributed by atoms with E-state index in [0.29, 0.717) is 6.04 Å². The molecule has 1 unspecified atom stereocenters. The van der Waals surface area contributed by atoms with Gasteiger partial charge in [-0.3, -0.25) is 9.69 Å². The Morgan fingerprint density at radius 1 is 1.17 bits per heavy atom. The minimum atomic E-state index is 0.142. The molecule has 0 aliphatic carbocycles. The number of aromatic nitrogens is 3. The molecule has 2 saturated heterocycles. The molecule has 1 amide bonds. The van der Waals surface area contributed by atoms with Crippen LogP contribution in [0.15, 0.2) is 36.5 Å². The Labute approximate surface area is 171 Å². The molecule has 1 aromatic carbocycles. The van der Waals surface area contributed by atoms with Crippen LogP contribution in [-0.2, 0) is 11.3 Å². The molecule has 5 rings (SSSR count). The van der Waals surface area contributed by atoms with E-state index in [1.807, 2.05) is 24.1 Å². The number of piperazine rings is 1. The predicted octanol–water partition coefficient (Wildman–Crippen LogP) is 3.02. The Balaban J connectivity index is 1.44. The molecule has 1 atom stereocenters. The lowest BCUT2D eigenvalue weighted by Crippen LogP contribution is -2.52. The summed E-state index contributed by atoms with van der Waals surface area (Å²) in [5.41, 5.74) is 5.20. The Morgan fingerprint density at radius 2 is 2.07 bits per heavy atom. The SMILES string of the molecule is Cc1cccc(-c2ccnc3c2c(C)nn3CC(=O)N2CCN3CCCC3C2)c1. The number of carbonyl (C=O) groups excluding carboxylic acids is 1. The van der Waals surface area contributed by atoms with E-state index in [-0.39, 0.29) is 12.5 Å². The first-order valence-electron chi connectivity index (χ1n) is 10.5. The average Bonchev–Trinajstić information content (AvgIpc) is 3.32. The van der Waals surface area contributed by atoms with Gasteiger partial charge < -0.3 is 4.90 Å². The molecular formula is C23H27N5O. The summed E-state index contributed by atoms with van der Waals surface area (Å²) in [6.45, 7) is 8.19. The maximum absolute atomic E-state index is 13.0. The number of pyridine rings is 1. The van der Waals surface area contributed by atoms with Crippen LogP contribution in [0.1, 0.15) is 24.1 Å². The predicted molar refractivity (Wildman–Crippen MR) is 114 cm³/mol. The summed E-state index contributed by atoms with van der Waals surface area (Å²) in [7, 11) is 0. The molecule has 6 heteroatoms. The molecule has 29 heavy (non-hydrogen) atoms. The van der Waals surface area contributed by atoms with Crippen molar-refractivity contribution in [3.05, 3.63) is 47.8 Å². The first-order valence-corrected chi connectivity index (χ1v) is 10.5. The fraction of sp³-hybridized carbons (Fsp3) is 0.435. The second kappa shape index (κ2) is 7.26. The molecule has 150 valence electrons. The molecule has 0 N–H and O–H groups in total. The number of amides is 1. The van der Waals surface area contributed by atoms with Gasteiger partial charge in [0.25, 0.3) is 0 Å². The third-order valence-corrected chi connectivity index (χ3v) is 6.36. The summed E-state index contributed by atoms with van der Waals surface area (Å²) in [5.74, 6) is 0.142. The number of rotatable bonds is 3. The van der Waals surface area contributed by atoms with Crippen molar-refractivity contribution < 1.29 is 4.79 Å². The Hall–Kier alpha value is -2.73. The zero-order valence-corrected chi connectivity index (χ0v) is 17.1. The number of carbonyl (C=O) groups is 1. The third-order valence-electron chi connectivity index (χ3n) is 6.36. The van der Waals surface area contributed by atoms with Crippen molar-refractivity contribution in [3.8, 4) is 11.1 Å². The van der Waals surface area contributed by atoms with Gasteiger partial charge in [-0.15, -0.1) is 0 Å². The highest BCUT2D eigenvalue weighted by atomic mass is 16.2. The highest BCUT2D eigenvalue weighted by Crippen LogP contribution is 2.30. The zero-order chi connectivity index (χ0) is 20.0. The smallest absolute Gasteiger partial charge is 0.244 e. The van der Waals surface area contributed by atoms with Gasteiger partial charge in [-0.1, -0.05) is 29.8 Å². The number of aryl methyl sites for hydroxylation is 2. The van der Waals surface area contributed by atoms with Crippen molar-refractivity contribution in [1.29, 1.82) is 0 Å². The lowest BCUT2D eigenvalue weighted by molar-refractivity contribution is -0.134. The number of hydrogen-bond donors (Lipinski definition) is 0. The molecule has 6 nitrogen and oxygen atoms in total. The quantitative estimate of drug-likeness (QED) is 0.691. The summed E-state index contributed by atoms with van der Waals surface area (Å²) in [6.07, 6.45) is 4.27. The molecule has 4 heterocycles. The number of nitrogens with zero attached hydrogens (tertiary/aromatic N) is 5. The molecule has 2 fully saturated rings. The van der Waals surface area contributed by atoms with Crippen LogP contribution in [0.2, 0.25) is 0 Å². The molecular weight excluding hydrogens is 362 g/mol. The van der Waals surface area contributed by atoms with Crippen molar-refractivity contribution in [1.82, 2.24) is 24.6 Å². The fourth-order valence-corrected chi connectivity index (χ4v) is 4.89. The van der Waals surface area contributed by atoms with Crippen LogP contribution in [0.25, 0.3) is 22.2 Å². The van der Waals surface area contributed by atoms with Gasteiger partial charge in [0.15, 0.2) is 5.65 Å². The number of fused-ring (bicyclic) bond motifs is 2. The van der Waals surface area contributed by atoms with E-state index in [2.05, 4.69) is 41.1 Å². The molecule has 2 aliphatic rings. The molecule has 0 radical (unpaired) electrons. The lowest BCUT2D eigenvalue weighted by Gasteiger charge is -2.37. The van der Waals surface area contributed by atoms with Gasteiger partial charge in [0, 0.05) is 37.3 Å². The largest absolute Gasteiger partial charge is 0.338 e. The van der Waals surface area contributed by atoms with Crippen molar-refractivity contribution in [2.75, 3.05) is 26.2 Å². The first kappa shape index (κ1) is 18.3. The van der Waals surface area contributed by atoms with Gasteiger partial charge in [0.05, 0.1) is 5.69 Å². The van der Waals surface area contributed by atoms with Crippen LogP contribution in [0.5, 0.6) is 0 Å². The summed E-state index contributed by atoms with van der Waals surface area (Å²) in [6, 6.07) is 11.0. The zero-order valence-electron chi connectivity index (χ0n) is 17.1. The van der Waals surface area contributed by atoms with Crippen LogP contribution in [-0.4, -0.2) is 62.7 Å². The Morgan fingerprint density at radius 3 is 2.93 bits per heavy atom. The summed E-state index contributed by atoms with van der Waals surface area (Å²) >= 11 is 0. The van der Waals surface area contributed by atoms with Gasteiger partial charge in [0.1, 0.15) is 6.54 Å². The molecule has 2 aromatic heterocycles. The van der Waals surface area contributed by atoms with Crippen molar-refractivity contribution in [2.45, 2.75) is 39.3 Å². The molecule has 0 bridgehead atoms. The van der Waals surface area contributed by atoms with Crippen LogP contribution in [0.4, 0.5) is 0 Å². The van der Waals surface area contributed by atoms with E-state index in [1.165, 1.54) is 24.9 Å². The average molecular weight is 390 g/mol. The first-order chi connectivity index (χ1) is 14.1. The third kappa shape index (κ3) is 3.31. The second-order valence-corrected chi connectivity index (χ2v) is 8.34. The molecule has 0 spiro atoms. The molecule has 3 aromatic rings. The minimum Gasteiger partial charge on any atom is -0.338 e. The monoisotopic (exact) mass is 389 g/mol. The normalized spacial score (nSPS) is 19.7. The van der Waals surface area contributed by atoms with E-state index in [4.69, 9.17) is 5.10 Å². The lowest BCUT2D eigenvalue weighted by atomic mass is 10.0. The highest BCUT2D eigenvalue weighted by Gasteiger charge is 2.32. The van der Waals surface area contributed by atoms with Gasteiger partial charge in [-0.25, -0.2) is 9.67 Å². The van der Waals surface area contributed by atoms with Crippen LogP contribution in [0.3, 0.4) is 0 Å². The molecule has 0 saturated carbocycles. The standard InChI is InChI=1S/C23H27N5O/c1-16-5-3-6-18(13-16)20-8-9-24-23-22(20)17(2)25-28(23)15-21(29)27-12-11-26-10-4-7-19(26)14-27/h3,5-6,8-9,13,19H,4,7,10-12,14-15H2,1-2H3. The van der Waals surface area contributed by atoms with Gasteiger partial charge >= 0.3 is 0 Å².